The molecular weight excluding hydrogens is 270 g/mol. The summed E-state index contributed by atoms with van der Waals surface area (Å²) in [5, 5.41) is 21.4. The number of rotatable bonds is 6. The molecule has 7 nitrogen and oxygen atoms in total. The Kier molecular flexibility index (Phi) is 4.75. The van der Waals surface area contributed by atoms with Gasteiger partial charge in [0.2, 0.25) is 10.0 Å². The predicted molar refractivity (Wildman–Crippen MR) is 73.3 cm³/mol. The molecule has 0 radical (unpaired) electrons. The third kappa shape index (κ3) is 4.06. The van der Waals surface area contributed by atoms with Gasteiger partial charge in [-0.1, -0.05) is 0 Å². The first-order chi connectivity index (χ1) is 8.72. The van der Waals surface area contributed by atoms with Crippen LogP contribution in [0.15, 0.2) is 23.1 Å². The third-order valence-electron chi connectivity index (χ3n) is 2.58. The van der Waals surface area contributed by atoms with Crippen molar-refractivity contribution in [3.05, 3.63) is 18.2 Å². The summed E-state index contributed by atoms with van der Waals surface area (Å²) in [5.74, 6) is 0. The van der Waals surface area contributed by atoms with E-state index >= 15 is 0 Å². The molecule has 0 fully saturated rings. The highest BCUT2D eigenvalue weighted by Crippen LogP contribution is 2.22. The van der Waals surface area contributed by atoms with Gasteiger partial charge in [0, 0.05) is 12.2 Å². The lowest BCUT2D eigenvalue weighted by molar-refractivity contribution is 0.0132. The van der Waals surface area contributed by atoms with Crippen molar-refractivity contribution >= 4 is 21.4 Å². The molecule has 108 valence electrons. The number of sulfonamides is 1. The first-order valence-electron chi connectivity index (χ1n) is 5.62. The van der Waals surface area contributed by atoms with Gasteiger partial charge in [0.05, 0.1) is 12.3 Å². The Labute approximate surface area is 112 Å². The summed E-state index contributed by atoms with van der Waals surface area (Å²) < 4.78 is 25.4. The largest absolute Gasteiger partial charge is 0.398 e. The van der Waals surface area contributed by atoms with E-state index in [0.29, 0.717) is 5.69 Å². The average Bonchev–Trinajstić information content (AvgIpc) is 2.36. The van der Waals surface area contributed by atoms with Crippen molar-refractivity contribution in [2.75, 3.05) is 31.2 Å². The second kappa shape index (κ2) is 5.74. The molecule has 0 aliphatic heterocycles. The molecule has 1 rings (SSSR count). The van der Waals surface area contributed by atoms with Gasteiger partial charge in [-0.05, 0) is 32.2 Å². The summed E-state index contributed by atoms with van der Waals surface area (Å²) in [7, 11) is -2.28. The zero-order valence-electron chi connectivity index (χ0n) is 10.8. The Morgan fingerprint density at radius 2 is 2.05 bits per heavy atom. The molecule has 0 bridgehead atoms. The van der Waals surface area contributed by atoms with Gasteiger partial charge in [0.15, 0.2) is 0 Å². The van der Waals surface area contributed by atoms with Crippen LogP contribution in [0.2, 0.25) is 0 Å². The fraction of sp³-hybridized carbons (Fsp3) is 0.455. The maximum atomic E-state index is 11.6. The first kappa shape index (κ1) is 15.7. The predicted octanol–water partition coefficient (Wildman–Crippen LogP) is -0.668. The monoisotopic (exact) mass is 289 g/mol. The Morgan fingerprint density at radius 1 is 1.42 bits per heavy atom. The Balaban J connectivity index is 2.90. The van der Waals surface area contributed by atoms with Crippen molar-refractivity contribution in [2.24, 2.45) is 0 Å². The van der Waals surface area contributed by atoms with E-state index in [9.17, 15) is 13.5 Å². The molecule has 0 aliphatic rings. The van der Waals surface area contributed by atoms with E-state index in [0.717, 1.165) is 0 Å². The van der Waals surface area contributed by atoms with Gasteiger partial charge in [-0.2, -0.15) is 0 Å². The molecule has 0 amide bonds. The van der Waals surface area contributed by atoms with Crippen molar-refractivity contribution in [3.63, 3.8) is 0 Å². The molecular formula is C11H19N3O4S. The molecule has 6 N–H and O–H groups in total. The van der Waals surface area contributed by atoms with E-state index in [1.807, 2.05) is 0 Å². The number of aliphatic hydroxyl groups excluding tert-OH is 1. The van der Waals surface area contributed by atoms with Crippen LogP contribution in [-0.4, -0.2) is 44.4 Å². The molecule has 0 aromatic heterocycles. The lowest BCUT2D eigenvalue weighted by atomic mass is 10.1. The minimum absolute atomic E-state index is 0.00512. The van der Waals surface area contributed by atoms with Crippen LogP contribution in [0.4, 0.5) is 11.4 Å². The Bertz CT molecular complexity index is 543. The van der Waals surface area contributed by atoms with Crippen LogP contribution in [0.25, 0.3) is 0 Å². The van der Waals surface area contributed by atoms with E-state index in [-0.39, 0.29) is 23.7 Å². The normalized spacial score (nSPS) is 14.9. The van der Waals surface area contributed by atoms with Gasteiger partial charge in [0.25, 0.3) is 0 Å². The van der Waals surface area contributed by atoms with E-state index in [1.165, 1.54) is 32.2 Å². The molecule has 0 spiro atoms. The van der Waals surface area contributed by atoms with Gasteiger partial charge >= 0.3 is 0 Å². The number of aliphatic hydroxyl groups is 2. The summed E-state index contributed by atoms with van der Waals surface area (Å²) in [5.41, 5.74) is 5.08. The number of hydrogen-bond donors (Lipinski definition) is 5. The SMILES string of the molecule is CNS(=O)(=O)c1ccc(NCC(C)(O)CO)cc1N. The number of nitrogens with one attached hydrogen (secondary N) is 2. The fourth-order valence-electron chi connectivity index (χ4n) is 1.36. The van der Waals surface area contributed by atoms with Crippen LogP contribution >= 0.6 is 0 Å². The Hall–Kier alpha value is -1.35. The molecule has 0 saturated heterocycles. The Morgan fingerprint density at radius 3 is 2.53 bits per heavy atom. The van der Waals surface area contributed by atoms with Crippen molar-refractivity contribution in [1.29, 1.82) is 0 Å². The summed E-state index contributed by atoms with van der Waals surface area (Å²) in [6.45, 7) is 1.20. The average molecular weight is 289 g/mol. The lowest BCUT2D eigenvalue weighted by Gasteiger charge is -2.21. The minimum Gasteiger partial charge on any atom is -0.398 e. The molecule has 0 saturated carbocycles. The quantitative estimate of drug-likeness (QED) is 0.442. The molecule has 1 unspecified atom stereocenters. The van der Waals surface area contributed by atoms with Crippen molar-refractivity contribution in [2.45, 2.75) is 17.4 Å². The molecule has 19 heavy (non-hydrogen) atoms. The molecule has 0 aliphatic carbocycles. The lowest BCUT2D eigenvalue weighted by Crippen LogP contribution is -2.37. The second-order valence-electron chi connectivity index (χ2n) is 4.47. The minimum atomic E-state index is -3.59. The topological polar surface area (TPSA) is 125 Å². The van der Waals surface area contributed by atoms with Crippen LogP contribution in [0.1, 0.15) is 6.92 Å². The zero-order valence-corrected chi connectivity index (χ0v) is 11.7. The highest BCUT2D eigenvalue weighted by atomic mass is 32.2. The van der Waals surface area contributed by atoms with Crippen LogP contribution in [0.5, 0.6) is 0 Å². The first-order valence-corrected chi connectivity index (χ1v) is 7.10. The van der Waals surface area contributed by atoms with Gasteiger partial charge in [0.1, 0.15) is 10.5 Å². The maximum Gasteiger partial charge on any atom is 0.242 e. The van der Waals surface area contributed by atoms with Gasteiger partial charge < -0.3 is 21.3 Å². The van der Waals surface area contributed by atoms with Gasteiger partial charge in [-0.15, -0.1) is 0 Å². The van der Waals surface area contributed by atoms with E-state index in [4.69, 9.17) is 10.8 Å². The summed E-state index contributed by atoms with van der Waals surface area (Å²) in [6.07, 6.45) is 0. The maximum absolute atomic E-state index is 11.6. The van der Waals surface area contributed by atoms with Crippen molar-refractivity contribution < 1.29 is 18.6 Å². The third-order valence-corrected chi connectivity index (χ3v) is 4.07. The number of nitrogen functional groups attached to an aromatic ring is 1. The second-order valence-corrected chi connectivity index (χ2v) is 6.32. The summed E-state index contributed by atoms with van der Waals surface area (Å²) in [4.78, 5) is -0.00512. The standard InChI is InChI=1S/C11H19N3O4S/c1-11(16,7-15)6-14-8-3-4-10(9(12)5-8)19(17,18)13-2/h3-5,13-16H,6-7,12H2,1-2H3. The highest BCUT2D eigenvalue weighted by molar-refractivity contribution is 7.89. The summed E-state index contributed by atoms with van der Waals surface area (Å²) >= 11 is 0. The molecule has 0 heterocycles. The molecule has 1 aromatic carbocycles. The van der Waals surface area contributed by atoms with Crippen LogP contribution in [0, 0.1) is 0 Å². The van der Waals surface area contributed by atoms with Crippen LogP contribution in [0.3, 0.4) is 0 Å². The molecule has 8 heteroatoms. The number of anilines is 2. The van der Waals surface area contributed by atoms with E-state index in [2.05, 4.69) is 10.0 Å². The van der Waals surface area contributed by atoms with E-state index < -0.39 is 15.6 Å². The van der Waals surface area contributed by atoms with Crippen molar-refractivity contribution in [1.82, 2.24) is 4.72 Å². The van der Waals surface area contributed by atoms with Crippen LogP contribution < -0.4 is 15.8 Å². The van der Waals surface area contributed by atoms with Crippen molar-refractivity contribution in [3.8, 4) is 0 Å². The van der Waals surface area contributed by atoms with Gasteiger partial charge in [-0.25, -0.2) is 13.1 Å². The van der Waals surface area contributed by atoms with Crippen LogP contribution in [-0.2, 0) is 10.0 Å². The fourth-order valence-corrected chi connectivity index (χ4v) is 2.20. The number of hydrogen-bond acceptors (Lipinski definition) is 6. The molecule has 1 atom stereocenters. The summed E-state index contributed by atoms with van der Waals surface area (Å²) in [6, 6.07) is 4.36. The number of nitrogens with two attached hydrogens (primary N) is 1. The van der Waals surface area contributed by atoms with Gasteiger partial charge in [-0.3, -0.25) is 0 Å². The highest BCUT2D eigenvalue weighted by Gasteiger charge is 2.19. The smallest absolute Gasteiger partial charge is 0.242 e. The zero-order chi connectivity index (χ0) is 14.7. The molecule has 1 aromatic rings. The number of benzene rings is 1. The van der Waals surface area contributed by atoms with E-state index in [1.54, 1.807) is 0 Å².